The molecule has 0 unspecified atom stereocenters. The number of nitrogens with zero attached hydrogens (tertiary/aromatic N) is 2. The number of methoxy groups -OCH3 is 1. The Labute approximate surface area is 118 Å². The molecule has 2 rings (SSSR count). The molecule has 0 spiro atoms. The van der Waals surface area contributed by atoms with Crippen LogP contribution in [0.4, 0.5) is 13.2 Å². The average Bonchev–Trinajstić information content (AvgIpc) is 2.40. The van der Waals surface area contributed by atoms with Crippen LogP contribution >= 0.6 is 11.6 Å². The van der Waals surface area contributed by atoms with Gasteiger partial charge in [0.1, 0.15) is 5.75 Å². The van der Waals surface area contributed by atoms with Gasteiger partial charge in [0.25, 0.3) is 0 Å². The number of hydrogen-bond acceptors (Lipinski definition) is 3. The van der Waals surface area contributed by atoms with E-state index >= 15 is 0 Å². The highest BCUT2D eigenvalue weighted by atomic mass is 35.5. The predicted octanol–water partition coefficient (Wildman–Crippen LogP) is 4.13. The number of ether oxygens (including phenoxy) is 1. The SMILES string of the molecule is COc1ccc(C(F)(F)F)cc1-c1cc(Cl)nnc1C. The zero-order chi connectivity index (χ0) is 14.9. The number of benzene rings is 1. The third-order valence-electron chi connectivity index (χ3n) is 2.77. The molecule has 0 saturated heterocycles. The molecule has 0 amide bonds. The van der Waals surface area contributed by atoms with Crippen molar-refractivity contribution in [3.63, 3.8) is 0 Å². The van der Waals surface area contributed by atoms with Crippen LogP contribution in [0.3, 0.4) is 0 Å². The normalized spacial score (nSPS) is 11.5. The monoisotopic (exact) mass is 302 g/mol. The topological polar surface area (TPSA) is 35.0 Å². The van der Waals surface area contributed by atoms with Gasteiger partial charge >= 0.3 is 6.18 Å². The lowest BCUT2D eigenvalue weighted by atomic mass is 10.0. The highest BCUT2D eigenvalue weighted by Gasteiger charge is 2.31. The maximum atomic E-state index is 12.8. The standard InChI is InChI=1S/C13H10ClF3N2O/c1-7-9(6-12(14)19-18-7)10-5-8(13(15,16)17)3-4-11(10)20-2/h3-6H,1-2H3. The summed E-state index contributed by atoms with van der Waals surface area (Å²) < 4.78 is 43.5. The Morgan fingerprint density at radius 1 is 1.10 bits per heavy atom. The first kappa shape index (κ1) is 14.6. The van der Waals surface area contributed by atoms with Crippen LogP contribution in [0.5, 0.6) is 5.75 Å². The van der Waals surface area contributed by atoms with Gasteiger partial charge in [0.15, 0.2) is 5.15 Å². The molecule has 7 heteroatoms. The fourth-order valence-corrected chi connectivity index (χ4v) is 1.94. The molecule has 0 aliphatic heterocycles. The van der Waals surface area contributed by atoms with Gasteiger partial charge in [-0.3, -0.25) is 0 Å². The third kappa shape index (κ3) is 2.85. The second-order valence-electron chi connectivity index (χ2n) is 4.08. The molecular weight excluding hydrogens is 293 g/mol. The lowest BCUT2D eigenvalue weighted by Gasteiger charge is -2.14. The highest BCUT2D eigenvalue weighted by Crippen LogP contribution is 2.38. The van der Waals surface area contributed by atoms with Crippen LogP contribution in [-0.2, 0) is 6.18 Å². The number of aryl methyl sites for hydroxylation is 1. The minimum atomic E-state index is -4.43. The van der Waals surface area contributed by atoms with Gasteiger partial charge in [-0.05, 0) is 31.2 Å². The Bertz CT molecular complexity index is 644. The molecular formula is C13H10ClF3N2O. The van der Waals surface area contributed by atoms with Gasteiger partial charge in [0.05, 0.1) is 18.4 Å². The molecule has 1 aromatic carbocycles. The Hall–Kier alpha value is -1.82. The number of halogens is 4. The van der Waals surface area contributed by atoms with Crippen LogP contribution in [0.25, 0.3) is 11.1 Å². The van der Waals surface area contributed by atoms with Gasteiger partial charge in [-0.25, -0.2) is 0 Å². The average molecular weight is 303 g/mol. The molecule has 20 heavy (non-hydrogen) atoms. The highest BCUT2D eigenvalue weighted by molar-refractivity contribution is 6.29. The quantitative estimate of drug-likeness (QED) is 0.836. The van der Waals surface area contributed by atoms with Crippen LogP contribution in [-0.4, -0.2) is 17.3 Å². The second kappa shape index (κ2) is 5.28. The van der Waals surface area contributed by atoms with Gasteiger partial charge in [-0.15, -0.1) is 5.10 Å². The lowest BCUT2D eigenvalue weighted by molar-refractivity contribution is -0.137. The van der Waals surface area contributed by atoms with Crippen LogP contribution < -0.4 is 4.74 Å². The largest absolute Gasteiger partial charge is 0.496 e. The van der Waals surface area contributed by atoms with Gasteiger partial charge in [-0.1, -0.05) is 11.6 Å². The summed E-state index contributed by atoms with van der Waals surface area (Å²) in [6, 6.07) is 4.71. The molecule has 0 aliphatic rings. The van der Waals surface area contributed by atoms with E-state index in [1.54, 1.807) is 6.92 Å². The van der Waals surface area contributed by atoms with Crippen LogP contribution in [0, 0.1) is 6.92 Å². The Morgan fingerprint density at radius 2 is 1.80 bits per heavy atom. The van der Waals surface area contributed by atoms with Crippen LogP contribution in [0.1, 0.15) is 11.3 Å². The molecule has 0 atom stereocenters. The summed E-state index contributed by atoms with van der Waals surface area (Å²) in [5.41, 5.74) is 0.428. The van der Waals surface area contributed by atoms with Crippen molar-refractivity contribution in [2.75, 3.05) is 7.11 Å². The lowest BCUT2D eigenvalue weighted by Crippen LogP contribution is -2.05. The molecule has 2 aromatic rings. The fraction of sp³-hybridized carbons (Fsp3) is 0.231. The Balaban J connectivity index is 2.67. The number of rotatable bonds is 2. The van der Waals surface area contributed by atoms with Crippen molar-refractivity contribution in [1.82, 2.24) is 10.2 Å². The van der Waals surface area contributed by atoms with Crippen molar-refractivity contribution in [3.8, 4) is 16.9 Å². The van der Waals surface area contributed by atoms with E-state index in [1.807, 2.05) is 0 Å². The van der Waals surface area contributed by atoms with Gasteiger partial charge in [0.2, 0.25) is 0 Å². The molecule has 106 valence electrons. The molecule has 1 aromatic heterocycles. The van der Waals surface area contributed by atoms with E-state index in [1.165, 1.54) is 19.2 Å². The number of hydrogen-bond donors (Lipinski definition) is 0. The molecule has 1 heterocycles. The van der Waals surface area contributed by atoms with Crippen molar-refractivity contribution >= 4 is 11.6 Å². The van der Waals surface area contributed by atoms with E-state index in [9.17, 15) is 13.2 Å². The van der Waals surface area contributed by atoms with Crippen LogP contribution in [0.15, 0.2) is 24.3 Å². The minimum Gasteiger partial charge on any atom is -0.496 e. The molecule has 0 radical (unpaired) electrons. The second-order valence-corrected chi connectivity index (χ2v) is 4.47. The summed E-state index contributed by atoms with van der Waals surface area (Å²) in [6.07, 6.45) is -4.43. The summed E-state index contributed by atoms with van der Waals surface area (Å²) in [6.45, 7) is 1.64. The summed E-state index contributed by atoms with van der Waals surface area (Å²) in [5.74, 6) is 0.310. The molecule has 0 fully saturated rings. The molecule has 0 bridgehead atoms. The Morgan fingerprint density at radius 3 is 2.40 bits per heavy atom. The van der Waals surface area contributed by atoms with Crippen molar-refractivity contribution in [1.29, 1.82) is 0 Å². The van der Waals surface area contributed by atoms with Crippen LogP contribution in [0.2, 0.25) is 5.15 Å². The Kier molecular flexibility index (Phi) is 3.85. The third-order valence-corrected chi connectivity index (χ3v) is 2.95. The van der Waals surface area contributed by atoms with Crippen molar-refractivity contribution in [3.05, 3.63) is 40.7 Å². The summed E-state index contributed by atoms with van der Waals surface area (Å²) >= 11 is 5.76. The fourth-order valence-electron chi connectivity index (χ4n) is 1.80. The zero-order valence-electron chi connectivity index (χ0n) is 10.6. The zero-order valence-corrected chi connectivity index (χ0v) is 11.4. The first-order valence-electron chi connectivity index (χ1n) is 5.58. The van der Waals surface area contributed by atoms with E-state index in [2.05, 4.69) is 10.2 Å². The van der Waals surface area contributed by atoms with E-state index in [-0.39, 0.29) is 10.7 Å². The van der Waals surface area contributed by atoms with Gasteiger partial charge < -0.3 is 4.74 Å². The maximum absolute atomic E-state index is 12.8. The molecule has 0 N–H and O–H groups in total. The number of alkyl halides is 3. The van der Waals surface area contributed by atoms with Gasteiger partial charge in [0, 0.05) is 11.1 Å². The van der Waals surface area contributed by atoms with E-state index < -0.39 is 11.7 Å². The summed E-state index contributed by atoms with van der Waals surface area (Å²) in [7, 11) is 1.39. The molecule has 0 saturated carbocycles. The predicted molar refractivity (Wildman–Crippen MR) is 68.8 cm³/mol. The first-order chi connectivity index (χ1) is 9.32. The maximum Gasteiger partial charge on any atom is 0.416 e. The summed E-state index contributed by atoms with van der Waals surface area (Å²) in [5, 5.41) is 7.55. The molecule has 3 nitrogen and oxygen atoms in total. The van der Waals surface area contributed by atoms with Crippen molar-refractivity contribution in [2.24, 2.45) is 0 Å². The smallest absolute Gasteiger partial charge is 0.416 e. The van der Waals surface area contributed by atoms with Crippen molar-refractivity contribution in [2.45, 2.75) is 13.1 Å². The van der Waals surface area contributed by atoms with Gasteiger partial charge in [-0.2, -0.15) is 18.3 Å². The summed E-state index contributed by atoms with van der Waals surface area (Å²) in [4.78, 5) is 0. The minimum absolute atomic E-state index is 0.102. The van der Waals surface area contributed by atoms with E-state index in [0.717, 1.165) is 12.1 Å². The first-order valence-corrected chi connectivity index (χ1v) is 5.96. The number of aromatic nitrogens is 2. The molecule has 0 aliphatic carbocycles. The van der Waals surface area contributed by atoms with E-state index in [4.69, 9.17) is 16.3 Å². The van der Waals surface area contributed by atoms with Crippen molar-refractivity contribution < 1.29 is 17.9 Å². The van der Waals surface area contributed by atoms with E-state index in [0.29, 0.717) is 17.0 Å².